The number of phenolic OH excluding ortho intramolecular Hbond substituents is 1. The number of rotatable bonds is 2. The molecule has 0 heterocycles. The van der Waals surface area contributed by atoms with Crippen molar-refractivity contribution in [2.75, 3.05) is 0 Å². The van der Waals surface area contributed by atoms with E-state index in [4.69, 9.17) is 12.3 Å². The zero-order valence-electron chi connectivity index (χ0n) is 19.8. The lowest BCUT2D eigenvalue weighted by Crippen LogP contribution is -1.77. The Morgan fingerprint density at radius 3 is 2.81 bits per heavy atom. The lowest BCUT2D eigenvalue weighted by Gasteiger charge is -2.04. The van der Waals surface area contributed by atoms with Crippen molar-refractivity contribution in [3.63, 3.8) is 0 Å². The molecule has 0 fully saturated rings. The fraction of sp³-hybridized carbons (Fsp3) is 0.111. The Hall–Kier alpha value is -2.68. The summed E-state index contributed by atoms with van der Waals surface area (Å²) in [6.07, 6.45) is 0. The SMILES string of the molecule is [2H]c1c([2H])c(C([2H])([2H])[2H])c([2H])c(C([2H])([2H])[2H])c1N=Nc1c(O)ccc2ccccc12. The minimum absolute atomic E-state index is 0.0157. The van der Waals surface area contributed by atoms with E-state index in [-0.39, 0.29) is 11.4 Å². The molecule has 0 saturated carbocycles. The van der Waals surface area contributed by atoms with Crippen molar-refractivity contribution in [2.45, 2.75) is 13.7 Å². The average Bonchev–Trinajstić information content (AvgIpc) is 2.62. The number of hydrogen-bond donors (Lipinski definition) is 1. The lowest BCUT2D eigenvalue weighted by atomic mass is 10.1. The molecule has 21 heavy (non-hydrogen) atoms. The molecule has 3 aromatic carbocycles. The molecule has 0 aliphatic carbocycles. The highest BCUT2D eigenvalue weighted by atomic mass is 16.3. The van der Waals surface area contributed by atoms with Gasteiger partial charge in [0.25, 0.3) is 0 Å². The van der Waals surface area contributed by atoms with Gasteiger partial charge in [0.15, 0.2) is 0 Å². The summed E-state index contributed by atoms with van der Waals surface area (Å²) in [4.78, 5) is 0. The van der Waals surface area contributed by atoms with Gasteiger partial charge in [0.05, 0.1) is 9.80 Å². The third kappa shape index (κ3) is 2.63. The summed E-state index contributed by atoms with van der Waals surface area (Å²) < 4.78 is 69.9. The number of phenols is 1. The van der Waals surface area contributed by atoms with Crippen LogP contribution in [0, 0.1) is 13.7 Å². The summed E-state index contributed by atoms with van der Waals surface area (Å²) >= 11 is 0. The van der Waals surface area contributed by atoms with Gasteiger partial charge >= 0.3 is 0 Å². The second-order valence-electron chi connectivity index (χ2n) is 4.33. The van der Waals surface area contributed by atoms with Crippen LogP contribution in [0.4, 0.5) is 11.4 Å². The Bertz CT molecular complexity index is 1170. The maximum Gasteiger partial charge on any atom is 0.143 e. The number of azo groups is 1. The van der Waals surface area contributed by atoms with E-state index in [1.807, 2.05) is 0 Å². The molecule has 1 N–H and O–H groups in total. The summed E-state index contributed by atoms with van der Waals surface area (Å²) in [5.41, 5.74) is -2.20. The smallest absolute Gasteiger partial charge is 0.143 e. The molecule has 0 bridgehead atoms. The van der Waals surface area contributed by atoms with Gasteiger partial charge in [-0.3, -0.25) is 0 Å². The van der Waals surface area contributed by atoms with Crippen LogP contribution in [0.2, 0.25) is 0 Å². The minimum Gasteiger partial charge on any atom is -0.506 e. The van der Waals surface area contributed by atoms with Crippen molar-refractivity contribution in [2.24, 2.45) is 10.2 Å². The molecule has 3 nitrogen and oxygen atoms in total. The number of hydrogen-bond acceptors (Lipinski definition) is 3. The van der Waals surface area contributed by atoms with E-state index < -0.39 is 48.6 Å². The van der Waals surface area contributed by atoms with Gasteiger partial charge in [-0.15, -0.1) is 5.11 Å². The third-order valence-corrected chi connectivity index (χ3v) is 2.92. The highest BCUT2D eigenvalue weighted by Crippen LogP contribution is 2.36. The minimum atomic E-state index is -2.98. The van der Waals surface area contributed by atoms with Gasteiger partial charge in [-0.25, -0.2) is 0 Å². The van der Waals surface area contributed by atoms with E-state index in [1.54, 1.807) is 30.3 Å². The van der Waals surface area contributed by atoms with E-state index in [0.717, 1.165) is 5.39 Å². The van der Waals surface area contributed by atoms with Crippen molar-refractivity contribution in [3.8, 4) is 5.75 Å². The number of nitrogens with zero attached hydrogens (tertiary/aromatic N) is 2. The molecule has 0 unspecified atom stereocenters. The molecule has 0 atom stereocenters. The van der Waals surface area contributed by atoms with Crippen LogP contribution in [0.5, 0.6) is 5.75 Å². The summed E-state index contributed by atoms with van der Waals surface area (Å²) in [6, 6.07) is 7.48. The Kier molecular flexibility index (Phi) is 1.63. The van der Waals surface area contributed by atoms with Gasteiger partial charge in [0, 0.05) is 13.6 Å². The van der Waals surface area contributed by atoms with Crippen LogP contribution in [0.25, 0.3) is 10.8 Å². The molecule has 0 saturated heterocycles. The maximum absolute atomic E-state index is 10.2. The van der Waals surface area contributed by atoms with E-state index in [1.165, 1.54) is 6.07 Å². The van der Waals surface area contributed by atoms with E-state index in [0.29, 0.717) is 5.39 Å². The first kappa shape index (κ1) is 6.39. The molecule has 0 aromatic heterocycles. The topological polar surface area (TPSA) is 45.0 Å². The monoisotopic (exact) mass is 285 g/mol. The molecule has 3 rings (SSSR count). The predicted molar refractivity (Wildman–Crippen MR) is 85.7 cm³/mol. The Morgan fingerprint density at radius 1 is 1.05 bits per heavy atom. The highest BCUT2D eigenvalue weighted by molar-refractivity contribution is 5.95. The molecule has 0 aliphatic heterocycles. The normalized spacial score (nSPS) is 18.8. The molecule has 0 amide bonds. The zero-order valence-corrected chi connectivity index (χ0v) is 10.8. The molecule has 0 radical (unpaired) electrons. The van der Waals surface area contributed by atoms with Gasteiger partial charge in [0.1, 0.15) is 11.4 Å². The van der Waals surface area contributed by atoms with Gasteiger partial charge in [0.2, 0.25) is 0 Å². The quantitative estimate of drug-likeness (QED) is 0.614. The van der Waals surface area contributed by atoms with Crippen LogP contribution in [0.3, 0.4) is 0 Å². The first-order valence-electron chi connectivity index (χ1n) is 10.6. The van der Waals surface area contributed by atoms with Crippen molar-refractivity contribution in [1.29, 1.82) is 0 Å². The third-order valence-electron chi connectivity index (χ3n) is 2.92. The Balaban J connectivity index is 2.32. The average molecular weight is 285 g/mol. The molecule has 3 aromatic rings. The first-order chi connectivity index (χ1) is 13.8. The first-order valence-corrected chi connectivity index (χ1v) is 6.11. The molecule has 0 spiro atoms. The molecule has 3 heteroatoms. The number of aromatic hydroxyl groups is 1. The second kappa shape index (κ2) is 5.37. The van der Waals surface area contributed by atoms with Crippen molar-refractivity contribution in [3.05, 3.63) is 65.7 Å². The van der Waals surface area contributed by atoms with Gasteiger partial charge in [-0.05, 0) is 36.8 Å². The molecule has 0 aliphatic rings. The van der Waals surface area contributed by atoms with Crippen LogP contribution >= 0.6 is 0 Å². The Labute approximate surface area is 136 Å². The fourth-order valence-corrected chi connectivity index (χ4v) is 1.92. The lowest BCUT2D eigenvalue weighted by molar-refractivity contribution is 0.477. The number of fused-ring (bicyclic) bond motifs is 1. The Morgan fingerprint density at radius 2 is 1.95 bits per heavy atom. The summed E-state index contributed by atoms with van der Waals surface area (Å²) in [5.74, 6) is -0.240. The largest absolute Gasteiger partial charge is 0.506 e. The van der Waals surface area contributed by atoms with Crippen LogP contribution in [0.15, 0.2) is 64.8 Å². The molecular formula is C18H16N2O. The van der Waals surface area contributed by atoms with Crippen LogP contribution in [0.1, 0.15) is 23.5 Å². The molecule has 104 valence electrons. The van der Waals surface area contributed by atoms with Gasteiger partial charge < -0.3 is 5.11 Å². The van der Waals surface area contributed by atoms with E-state index in [9.17, 15) is 5.11 Å². The maximum atomic E-state index is 10.2. The second-order valence-corrected chi connectivity index (χ2v) is 4.33. The van der Waals surface area contributed by atoms with E-state index >= 15 is 0 Å². The van der Waals surface area contributed by atoms with Crippen LogP contribution in [-0.4, -0.2) is 5.11 Å². The van der Waals surface area contributed by atoms with E-state index in [2.05, 4.69) is 10.2 Å². The standard InChI is InChI=1S/C18H16N2O/c1-12-7-9-16(13(2)11-12)19-20-18-15-6-4-3-5-14(15)8-10-17(18)21/h3-11,21H,1-2H3/i1D3,2D3,7D,9D,11D. The van der Waals surface area contributed by atoms with Crippen LogP contribution < -0.4 is 0 Å². The highest BCUT2D eigenvalue weighted by Gasteiger charge is 2.06. The van der Waals surface area contributed by atoms with Crippen molar-refractivity contribution in [1.82, 2.24) is 0 Å². The number of benzene rings is 3. The van der Waals surface area contributed by atoms with Crippen molar-refractivity contribution >= 4 is 22.1 Å². The molecular weight excluding hydrogens is 260 g/mol. The van der Waals surface area contributed by atoms with Crippen molar-refractivity contribution < 1.29 is 17.4 Å². The zero-order chi connectivity index (χ0) is 22.4. The van der Waals surface area contributed by atoms with Gasteiger partial charge in [-0.2, -0.15) is 5.11 Å². The fourth-order valence-electron chi connectivity index (χ4n) is 1.92. The van der Waals surface area contributed by atoms with Gasteiger partial charge in [-0.1, -0.05) is 48.0 Å². The summed E-state index contributed by atoms with van der Waals surface area (Å²) in [6.45, 7) is -5.93. The summed E-state index contributed by atoms with van der Waals surface area (Å²) in [7, 11) is 0. The van der Waals surface area contributed by atoms with Crippen LogP contribution in [-0.2, 0) is 0 Å². The summed E-state index contributed by atoms with van der Waals surface area (Å²) in [5, 5.41) is 19.1. The predicted octanol–water partition coefficient (Wildman–Crippen LogP) is 5.58.